The number of aliphatic hydroxyl groups is 1. The average Bonchev–Trinajstić information content (AvgIpc) is 2.47. The third kappa shape index (κ3) is 3.26. The number of piperidine rings is 1. The second-order valence-corrected chi connectivity index (χ2v) is 7.31. The van der Waals surface area contributed by atoms with Crippen LogP contribution in [0.1, 0.15) is 25.3 Å². The van der Waals surface area contributed by atoms with Crippen molar-refractivity contribution in [2.24, 2.45) is 11.7 Å². The first-order valence-corrected chi connectivity index (χ1v) is 8.47. The molecule has 1 aliphatic heterocycles. The first-order chi connectivity index (χ1) is 9.87. The molecule has 0 aromatic heterocycles. The molecule has 1 aromatic rings. The van der Waals surface area contributed by atoms with Crippen LogP contribution in [0.4, 0.5) is 4.39 Å². The number of nitrogens with zero attached hydrogens (tertiary/aromatic N) is 1. The summed E-state index contributed by atoms with van der Waals surface area (Å²) in [6.45, 7) is 2.22. The summed E-state index contributed by atoms with van der Waals surface area (Å²) in [5.41, 5.74) is 5.51. The number of sulfonamides is 1. The second kappa shape index (κ2) is 6.39. The normalized spacial score (nSPS) is 19.6. The number of halogens is 1. The van der Waals surface area contributed by atoms with Crippen molar-refractivity contribution in [2.75, 3.05) is 13.1 Å². The molecule has 118 valence electrons. The molecule has 7 heteroatoms. The first-order valence-electron chi connectivity index (χ1n) is 7.03. The van der Waals surface area contributed by atoms with Crippen molar-refractivity contribution < 1.29 is 17.9 Å². The molecule has 0 aliphatic carbocycles. The van der Waals surface area contributed by atoms with Crippen LogP contribution in [0.3, 0.4) is 0 Å². The van der Waals surface area contributed by atoms with Crippen LogP contribution in [0.15, 0.2) is 23.1 Å². The third-order valence-corrected chi connectivity index (χ3v) is 6.06. The number of rotatable bonds is 4. The highest BCUT2D eigenvalue weighted by atomic mass is 32.2. The Morgan fingerprint density at radius 2 is 2.05 bits per heavy atom. The van der Waals surface area contributed by atoms with Crippen molar-refractivity contribution in [2.45, 2.75) is 37.3 Å². The molecule has 1 saturated heterocycles. The van der Waals surface area contributed by atoms with Gasteiger partial charge in [0, 0.05) is 25.2 Å². The van der Waals surface area contributed by atoms with E-state index in [1.165, 1.54) is 22.5 Å². The molecule has 0 amide bonds. The highest BCUT2D eigenvalue weighted by Crippen LogP contribution is 2.28. The molecule has 1 heterocycles. The molecule has 0 saturated carbocycles. The number of benzene rings is 1. The van der Waals surface area contributed by atoms with Crippen molar-refractivity contribution in [3.63, 3.8) is 0 Å². The van der Waals surface area contributed by atoms with E-state index in [9.17, 15) is 17.9 Å². The largest absolute Gasteiger partial charge is 0.393 e. The standard InChI is InChI=1S/C14H21FN2O3S/c1-10(18)11-5-7-17(8-6-11)21(19,20)14-4-2-3-13(15)12(14)9-16/h2-4,10-11,18H,5-9,16H2,1H3. The zero-order valence-electron chi connectivity index (χ0n) is 12.0. The summed E-state index contributed by atoms with van der Waals surface area (Å²) in [6.07, 6.45) is 0.762. The van der Waals surface area contributed by atoms with Crippen molar-refractivity contribution in [1.29, 1.82) is 0 Å². The Balaban J connectivity index is 2.26. The Hall–Kier alpha value is -1.02. The molecule has 1 aliphatic rings. The van der Waals surface area contributed by atoms with Crippen molar-refractivity contribution >= 4 is 10.0 Å². The lowest BCUT2D eigenvalue weighted by Gasteiger charge is -2.32. The quantitative estimate of drug-likeness (QED) is 0.870. The number of hydrogen-bond donors (Lipinski definition) is 2. The zero-order chi connectivity index (χ0) is 15.6. The Kier molecular flexibility index (Phi) is 4.98. The summed E-state index contributed by atoms with van der Waals surface area (Å²) in [5.74, 6) is -0.490. The van der Waals surface area contributed by atoms with Crippen LogP contribution in [-0.4, -0.2) is 37.0 Å². The SMILES string of the molecule is CC(O)C1CCN(S(=O)(=O)c2cccc(F)c2CN)CC1. The molecule has 0 bridgehead atoms. The van der Waals surface area contributed by atoms with Gasteiger partial charge in [-0.05, 0) is 37.8 Å². The lowest BCUT2D eigenvalue weighted by atomic mass is 9.93. The van der Waals surface area contributed by atoms with Gasteiger partial charge in [-0.15, -0.1) is 0 Å². The first kappa shape index (κ1) is 16.4. The van der Waals surface area contributed by atoms with E-state index in [1.807, 2.05) is 0 Å². The molecule has 0 radical (unpaired) electrons. The van der Waals surface area contributed by atoms with Crippen molar-refractivity contribution in [3.8, 4) is 0 Å². The summed E-state index contributed by atoms with van der Waals surface area (Å²) in [6, 6.07) is 3.98. The number of hydrogen-bond acceptors (Lipinski definition) is 4. The van der Waals surface area contributed by atoms with E-state index in [1.54, 1.807) is 6.92 Å². The van der Waals surface area contributed by atoms with Gasteiger partial charge in [0.05, 0.1) is 11.0 Å². The van der Waals surface area contributed by atoms with Crippen LogP contribution in [0.25, 0.3) is 0 Å². The van der Waals surface area contributed by atoms with Crippen molar-refractivity contribution in [1.82, 2.24) is 4.31 Å². The molecule has 3 N–H and O–H groups in total. The average molecular weight is 316 g/mol. The topological polar surface area (TPSA) is 83.6 Å². The minimum Gasteiger partial charge on any atom is -0.393 e. The van der Waals surface area contributed by atoms with Gasteiger partial charge in [-0.25, -0.2) is 12.8 Å². The highest BCUT2D eigenvalue weighted by Gasteiger charge is 2.32. The fourth-order valence-electron chi connectivity index (χ4n) is 2.72. The van der Waals surface area contributed by atoms with Crippen LogP contribution in [0, 0.1) is 11.7 Å². The molecule has 0 spiro atoms. The minimum absolute atomic E-state index is 0.0233. The molecule has 1 aromatic carbocycles. The molecule has 5 nitrogen and oxygen atoms in total. The predicted molar refractivity (Wildman–Crippen MR) is 77.5 cm³/mol. The van der Waals surface area contributed by atoms with Gasteiger partial charge in [-0.2, -0.15) is 4.31 Å². The summed E-state index contributed by atoms with van der Waals surface area (Å²) in [7, 11) is -3.74. The van der Waals surface area contributed by atoms with Gasteiger partial charge >= 0.3 is 0 Å². The summed E-state index contributed by atoms with van der Waals surface area (Å²) in [4.78, 5) is -0.0551. The predicted octanol–water partition coefficient (Wildman–Crippen LogP) is 1.07. The van der Waals surface area contributed by atoms with Gasteiger partial charge in [0.15, 0.2) is 0 Å². The maximum Gasteiger partial charge on any atom is 0.243 e. The molecular formula is C14H21FN2O3S. The summed E-state index contributed by atoms with van der Waals surface area (Å²) >= 11 is 0. The lowest BCUT2D eigenvalue weighted by Crippen LogP contribution is -2.41. The Morgan fingerprint density at radius 3 is 2.57 bits per heavy atom. The monoisotopic (exact) mass is 316 g/mol. The zero-order valence-corrected chi connectivity index (χ0v) is 12.8. The van der Waals surface area contributed by atoms with Crippen molar-refractivity contribution in [3.05, 3.63) is 29.6 Å². The Morgan fingerprint density at radius 1 is 1.43 bits per heavy atom. The maximum absolute atomic E-state index is 13.7. The Bertz CT molecular complexity index is 596. The number of nitrogens with two attached hydrogens (primary N) is 1. The molecule has 1 fully saturated rings. The minimum atomic E-state index is -3.74. The molecule has 21 heavy (non-hydrogen) atoms. The van der Waals surface area contributed by atoms with E-state index >= 15 is 0 Å². The Labute approximate surface area is 124 Å². The third-order valence-electron chi connectivity index (χ3n) is 4.08. The van der Waals surface area contributed by atoms with Gasteiger partial charge in [0.25, 0.3) is 0 Å². The van der Waals surface area contributed by atoms with E-state index in [2.05, 4.69) is 0 Å². The smallest absolute Gasteiger partial charge is 0.243 e. The van der Waals surface area contributed by atoms with E-state index in [4.69, 9.17) is 5.73 Å². The number of aliphatic hydroxyl groups excluding tert-OH is 1. The van der Waals surface area contributed by atoms with E-state index in [0.29, 0.717) is 25.9 Å². The van der Waals surface area contributed by atoms with Crippen LogP contribution in [-0.2, 0) is 16.6 Å². The summed E-state index contributed by atoms with van der Waals surface area (Å²) < 4.78 is 40.3. The van der Waals surface area contributed by atoms with Gasteiger partial charge in [-0.1, -0.05) is 6.07 Å². The second-order valence-electron chi connectivity index (χ2n) is 5.40. The van der Waals surface area contributed by atoms with E-state index < -0.39 is 21.9 Å². The highest BCUT2D eigenvalue weighted by molar-refractivity contribution is 7.89. The van der Waals surface area contributed by atoms with Crippen LogP contribution >= 0.6 is 0 Å². The molecule has 2 rings (SSSR count). The van der Waals surface area contributed by atoms with Gasteiger partial charge in [0.1, 0.15) is 5.82 Å². The van der Waals surface area contributed by atoms with E-state index in [0.717, 1.165) is 0 Å². The maximum atomic E-state index is 13.7. The van der Waals surface area contributed by atoms with Gasteiger partial charge < -0.3 is 10.8 Å². The summed E-state index contributed by atoms with van der Waals surface area (Å²) in [5, 5.41) is 9.57. The van der Waals surface area contributed by atoms with Crippen LogP contribution in [0.5, 0.6) is 0 Å². The van der Waals surface area contributed by atoms with Gasteiger partial charge in [-0.3, -0.25) is 0 Å². The fraction of sp³-hybridized carbons (Fsp3) is 0.571. The van der Waals surface area contributed by atoms with E-state index in [-0.39, 0.29) is 22.9 Å². The van der Waals surface area contributed by atoms with Gasteiger partial charge in [0.2, 0.25) is 10.0 Å². The van der Waals surface area contributed by atoms with Crippen LogP contribution in [0.2, 0.25) is 0 Å². The molecular weight excluding hydrogens is 295 g/mol. The fourth-order valence-corrected chi connectivity index (χ4v) is 4.43. The molecule has 1 atom stereocenters. The lowest BCUT2D eigenvalue weighted by molar-refractivity contribution is 0.0912. The molecule has 1 unspecified atom stereocenters. The van der Waals surface area contributed by atoms with Crippen LogP contribution < -0.4 is 5.73 Å².